The highest BCUT2D eigenvalue weighted by atomic mass is 19.1. The molecule has 0 radical (unpaired) electrons. The summed E-state index contributed by atoms with van der Waals surface area (Å²) in [5.41, 5.74) is 1.92. The summed E-state index contributed by atoms with van der Waals surface area (Å²) in [4.78, 5) is 11.8. The fourth-order valence-electron chi connectivity index (χ4n) is 1.94. The minimum atomic E-state index is -0.265. The molecular formula is C17H16FN3O. The van der Waals surface area contributed by atoms with E-state index in [0.29, 0.717) is 30.8 Å². The van der Waals surface area contributed by atoms with E-state index in [1.54, 1.807) is 36.4 Å². The Balaban J connectivity index is 1.74. The molecule has 2 aromatic carbocycles. The van der Waals surface area contributed by atoms with E-state index in [-0.39, 0.29) is 11.7 Å². The van der Waals surface area contributed by atoms with Crippen LogP contribution in [0.3, 0.4) is 0 Å². The molecule has 0 bridgehead atoms. The number of hydrogen-bond acceptors (Lipinski definition) is 3. The predicted molar refractivity (Wildman–Crippen MR) is 82.5 cm³/mol. The van der Waals surface area contributed by atoms with Gasteiger partial charge in [0.05, 0.1) is 11.3 Å². The zero-order chi connectivity index (χ0) is 15.8. The monoisotopic (exact) mass is 297 g/mol. The highest BCUT2D eigenvalue weighted by molar-refractivity contribution is 5.92. The van der Waals surface area contributed by atoms with Crippen molar-refractivity contribution >= 4 is 11.6 Å². The second kappa shape index (κ2) is 7.91. The van der Waals surface area contributed by atoms with E-state index >= 15 is 0 Å². The van der Waals surface area contributed by atoms with Crippen LogP contribution in [0.2, 0.25) is 0 Å². The molecular weight excluding hydrogens is 281 g/mol. The lowest BCUT2D eigenvalue weighted by molar-refractivity contribution is -0.116. The van der Waals surface area contributed by atoms with E-state index in [0.717, 1.165) is 5.56 Å². The molecule has 0 saturated carbocycles. The smallest absolute Gasteiger partial charge is 0.225 e. The molecule has 0 aromatic heterocycles. The number of carbonyl (C=O) groups excluding carboxylic acids is 1. The van der Waals surface area contributed by atoms with Crippen LogP contribution in [0.1, 0.15) is 17.5 Å². The lowest BCUT2D eigenvalue weighted by atomic mass is 10.2. The number of amides is 1. The Labute approximate surface area is 128 Å². The topological polar surface area (TPSA) is 64.9 Å². The van der Waals surface area contributed by atoms with Gasteiger partial charge in [0.1, 0.15) is 11.9 Å². The van der Waals surface area contributed by atoms with Crippen molar-refractivity contribution in [1.82, 2.24) is 5.32 Å². The normalized spacial score (nSPS) is 10.0. The third-order valence-corrected chi connectivity index (χ3v) is 3.09. The number of para-hydroxylation sites is 1. The number of rotatable bonds is 6. The molecule has 1 amide bonds. The van der Waals surface area contributed by atoms with Gasteiger partial charge in [-0.15, -0.1) is 0 Å². The van der Waals surface area contributed by atoms with Gasteiger partial charge in [0.15, 0.2) is 0 Å². The van der Waals surface area contributed by atoms with Crippen LogP contribution in [-0.4, -0.2) is 12.5 Å². The number of hydrogen-bond donors (Lipinski definition) is 2. The summed E-state index contributed by atoms with van der Waals surface area (Å²) < 4.78 is 12.8. The Morgan fingerprint density at radius 3 is 2.59 bits per heavy atom. The molecule has 0 fully saturated rings. The number of halogens is 1. The van der Waals surface area contributed by atoms with Crippen LogP contribution >= 0.6 is 0 Å². The molecule has 0 atom stereocenters. The molecule has 4 nitrogen and oxygen atoms in total. The molecule has 0 aliphatic carbocycles. The van der Waals surface area contributed by atoms with E-state index in [1.165, 1.54) is 12.1 Å². The molecule has 0 aliphatic heterocycles. The van der Waals surface area contributed by atoms with E-state index in [1.807, 2.05) is 6.07 Å². The van der Waals surface area contributed by atoms with Crippen LogP contribution in [0.4, 0.5) is 10.1 Å². The molecule has 22 heavy (non-hydrogen) atoms. The third kappa shape index (κ3) is 4.69. The zero-order valence-electron chi connectivity index (χ0n) is 12.0. The van der Waals surface area contributed by atoms with Gasteiger partial charge in [-0.1, -0.05) is 24.3 Å². The summed E-state index contributed by atoms with van der Waals surface area (Å²) in [6.07, 6.45) is 0.293. The first-order valence-electron chi connectivity index (χ1n) is 6.93. The SMILES string of the molecule is N#Cc1ccccc1NC(=O)CCNCc1ccc(F)cc1. The fraction of sp³-hybridized carbons (Fsp3) is 0.176. The van der Waals surface area contributed by atoms with Crippen molar-refractivity contribution in [2.45, 2.75) is 13.0 Å². The van der Waals surface area contributed by atoms with Gasteiger partial charge >= 0.3 is 0 Å². The Bertz CT molecular complexity index is 677. The van der Waals surface area contributed by atoms with Gasteiger partial charge in [-0.25, -0.2) is 4.39 Å². The largest absolute Gasteiger partial charge is 0.325 e. The van der Waals surface area contributed by atoms with Crippen LogP contribution < -0.4 is 10.6 Å². The van der Waals surface area contributed by atoms with Crippen molar-refractivity contribution in [2.24, 2.45) is 0 Å². The van der Waals surface area contributed by atoms with Gasteiger partial charge in [0.2, 0.25) is 5.91 Å². The molecule has 0 heterocycles. The van der Waals surface area contributed by atoms with Crippen LogP contribution in [0, 0.1) is 17.1 Å². The fourth-order valence-corrected chi connectivity index (χ4v) is 1.94. The van der Waals surface area contributed by atoms with Gasteiger partial charge < -0.3 is 10.6 Å². The van der Waals surface area contributed by atoms with E-state index in [4.69, 9.17) is 5.26 Å². The lowest BCUT2D eigenvalue weighted by Gasteiger charge is -2.08. The second-order valence-corrected chi connectivity index (χ2v) is 4.76. The van der Waals surface area contributed by atoms with Gasteiger partial charge in [0, 0.05) is 19.5 Å². The van der Waals surface area contributed by atoms with E-state index in [2.05, 4.69) is 10.6 Å². The summed E-state index contributed by atoms with van der Waals surface area (Å²) in [7, 11) is 0. The number of benzene rings is 2. The summed E-state index contributed by atoms with van der Waals surface area (Å²) >= 11 is 0. The van der Waals surface area contributed by atoms with E-state index < -0.39 is 0 Å². The molecule has 0 unspecified atom stereocenters. The van der Waals surface area contributed by atoms with Crippen molar-refractivity contribution in [3.63, 3.8) is 0 Å². The maximum absolute atomic E-state index is 12.8. The number of nitrogens with zero attached hydrogens (tertiary/aromatic N) is 1. The van der Waals surface area contributed by atoms with Crippen LogP contribution in [0.5, 0.6) is 0 Å². The number of anilines is 1. The second-order valence-electron chi connectivity index (χ2n) is 4.76. The highest BCUT2D eigenvalue weighted by Gasteiger charge is 2.05. The zero-order valence-corrected chi connectivity index (χ0v) is 12.0. The van der Waals surface area contributed by atoms with Crippen molar-refractivity contribution < 1.29 is 9.18 Å². The summed E-state index contributed by atoms with van der Waals surface area (Å²) in [6, 6.07) is 15.1. The summed E-state index contributed by atoms with van der Waals surface area (Å²) in [5, 5.41) is 14.8. The number of carbonyl (C=O) groups is 1. The maximum Gasteiger partial charge on any atom is 0.225 e. The Morgan fingerprint density at radius 2 is 1.86 bits per heavy atom. The average Bonchev–Trinajstić information content (AvgIpc) is 2.54. The summed E-state index contributed by atoms with van der Waals surface area (Å²) in [6.45, 7) is 1.07. The standard InChI is InChI=1S/C17H16FN3O/c18-15-7-5-13(6-8-15)12-20-10-9-17(22)21-16-4-2-1-3-14(16)11-19/h1-8,20H,9-10,12H2,(H,21,22). The number of nitriles is 1. The Morgan fingerprint density at radius 1 is 1.14 bits per heavy atom. The van der Waals surface area contributed by atoms with Gasteiger partial charge in [-0.3, -0.25) is 4.79 Å². The quantitative estimate of drug-likeness (QED) is 0.806. The van der Waals surface area contributed by atoms with Crippen LogP contribution in [0.15, 0.2) is 48.5 Å². The first-order valence-corrected chi connectivity index (χ1v) is 6.93. The average molecular weight is 297 g/mol. The van der Waals surface area contributed by atoms with E-state index in [9.17, 15) is 9.18 Å². The van der Waals surface area contributed by atoms with Crippen molar-refractivity contribution in [3.8, 4) is 6.07 Å². The third-order valence-electron chi connectivity index (χ3n) is 3.09. The highest BCUT2D eigenvalue weighted by Crippen LogP contribution is 2.13. The maximum atomic E-state index is 12.8. The molecule has 112 valence electrons. The van der Waals surface area contributed by atoms with Crippen LogP contribution in [-0.2, 0) is 11.3 Å². The van der Waals surface area contributed by atoms with Crippen molar-refractivity contribution in [3.05, 3.63) is 65.5 Å². The molecule has 2 N–H and O–H groups in total. The molecule has 0 saturated heterocycles. The van der Waals surface area contributed by atoms with Gasteiger partial charge in [-0.2, -0.15) is 5.26 Å². The van der Waals surface area contributed by atoms with Gasteiger partial charge in [0.25, 0.3) is 0 Å². The number of nitrogens with one attached hydrogen (secondary N) is 2. The summed E-state index contributed by atoms with van der Waals surface area (Å²) in [5.74, 6) is -0.423. The minimum absolute atomic E-state index is 0.158. The Hall–Kier alpha value is -2.71. The molecule has 0 spiro atoms. The Kier molecular flexibility index (Phi) is 5.64. The first kappa shape index (κ1) is 15.7. The van der Waals surface area contributed by atoms with Crippen LogP contribution in [0.25, 0.3) is 0 Å². The molecule has 5 heteroatoms. The van der Waals surface area contributed by atoms with Gasteiger partial charge in [-0.05, 0) is 29.8 Å². The predicted octanol–water partition coefficient (Wildman–Crippen LogP) is 2.82. The lowest BCUT2D eigenvalue weighted by Crippen LogP contribution is -2.21. The molecule has 0 aliphatic rings. The molecule has 2 rings (SSSR count). The molecule has 2 aromatic rings. The van der Waals surface area contributed by atoms with Crippen molar-refractivity contribution in [2.75, 3.05) is 11.9 Å². The minimum Gasteiger partial charge on any atom is -0.325 e. The first-order chi connectivity index (χ1) is 10.7. The van der Waals surface area contributed by atoms with Crippen molar-refractivity contribution in [1.29, 1.82) is 5.26 Å².